The van der Waals surface area contributed by atoms with Crippen molar-refractivity contribution < 1.29 is 0 Å². The maximum absolute atomic E-state index is 13.5. The number of hydrogen-bond acceptors (Lipinski definition) is 1. The highest BCUT2D eigenvalue weighted by Crippen LogP contribution is 2.25. The molecule has 4 heteroatoms. The summed E-state index contributed by atoms with van der Waals surface area (Å²) in [5, 5.41) is 0. The predicted octanol–water partition coefficient (Wildman–Crippen LogP) is 7.28. The quantitative estimate of drug-likeness (QED) is 0.280. The molecule has 0 saturated heterocycles. The van der Waals surface area contributed by atoms with E-state index >= 15 is 0 Å². The SMILES string of the molecule is CCc1cc(CC)cc(-c2cn(C)cc(-c3cccc(CCCC(Br)Br)c3)c2=O)c1. The fourth-order valence-electron chi connectivity index (χ4n) is 3.80. The van der Waals surface area contributed by atoms with Crippen molar-refractivity contribution in [2.75, 3.05) is 0 Å². The van der Waals surface area contributed by atoms with Crippen LogP contribution in [0.2, 0.25) is 0 Å². The highest BCUT2D eigenvalue weighted by atomic mass is 79.9. The van der Waals surface area contributed by atoms with Gasteiger partial charge in [0, 0.05) is 30.6 Å². The Morgan fingerprint density at radius 3 is 2.07 bits per heavy atom. The van der Waals surface area contributed by atoms with Crippen molar-refractivity contribution >= 4 is 31.9 Å². The van der Waals surface area contributed by atoms with E-state index in [1.54, 1.807) is 0 Å². The lowest BCUT2D eigenvalue weighted by atomic mass is 9.95. The molecule has 0 bridgehead atoms. The number of nitrogens with zero attached hydrogens (tertiary/aromatic N) is 1. The summed E-state index contributed by atoms with van der Waals surface area (Å²) in [6, 6.07) is 15.0. The fraction of sp³-hybridized carbons (Fsp3) is 0.346. The largest absolute Gasteiger partial charge is 0.356 e. The average Bonchev–Trinajstić information content (AvgIpc) is 2.74. The third-order valence-electron chi connectivity index (χ3n) is 5.46. The van der Waals surface area contributed by atoms with E-state index in [0.717, 1.165) is 54.4 Å². The predicted molar refractivity (Wildman–Crippen MR) is 136 cm³/mol. The topological polar surface area (TPSA) is 22.0 Å². The van der Waals surface area contributed by atoms with E-state index in [1.165, 1.54) is 16.7 Å². The summed E-state index contributed by atoms with van der Waals surface area (Å²) in [7, 11) is 1.99. The molecule has 0 radical (unpaired) electrons. The Morgan fingerprint density at radius 1 is 0.867 bits per heavy atom. The van der Waals surface area contributed by atoms with E-state index in [9.17, 15) is 4.79 Å². The van der Waals surface area contributed by atoms with Crippen LogP contribution in [0.1, 0.15) is 43.4 Å². The first kappa shape index (κ1) is 23.0. The van der Waals surface area contributed by atoms with Gasteiger partial charge >= 0.3 is 0 Å². The molecule has 0 aliphatic carbocycles. The van der Waals surface area contributed by atoms with Crippen LogP contribution in [-0.2, 0) is 26.3 Å². The van der Waals surface area contributed by atoms with Crippen LogP contribution >= 0.6 is 31.9 Å². The molecule has 0 N–H and O–H groups in total. The van der Waals surface area contributed by atoms with Crippen LogP contribution in [0.4, 0.5) is 0 Å². The highest BCUT2D eigenvalue weighted by molar-refractivity contribution is 9.24. The second kappa shape index (κ2) is 10.6. The maximum atomic E-state index is 13.5. The van der Waals surface area contributed by atoms with Crippen LogP contribution < -0.4 is 5.43 Å². The van der Waals surface area contributed by atoms with Gasteiger partial charge in [0.15, 0.2) is 5.43 Å². The summed E-state index contributed by atoms with van der Waals surface area (Å²) in [6.45, 7) is 4.32. The monoisotopic (exact) mass is 529 g/mol. The molecule has 2 aromatic carbocycles. The number of pyridine rings is 1. The third kappa shape index (κ3) is 5.73. The van der Waals surface area contributed by atoms with Gasteiger partial charge in [0.2, 0.25) is 0 Å². The Labute approximate surface area is 196 Å². The lowest BCUT2D eigenvalue weighted by Gasteiger charge is -2.12. The van der Waals surface area contributed by atoms with Gasteiger partial charge in [-0.2, -0.15) is 0 Å². The summed E-state index contributed by atoms with van der Waals surface area (Å²) >= 11 is 7.08. The molecular formula is C26H29Br2NO. The Balaban J connectivity index is 2.03. The molecule has 1 heterocycles. The molecule has 30 heavy (non-hydrogen) atoms. The summed E-state index contributed by atoms with van der Waals surface area (Å²) in [4.78, 5) is 13.5. The zero-order valence-electron chi connectivity index (χ0n) is 17.9. The van der Waals surface area contributed by atoms with E-state index in [2.05, 4.69) is 82.1 Å². The van der Waals surface area contributed by atoms with Gasteiger partial charge in [-0.05, 0) is 59.9 Å². The number of hydrogen-bond donors (Lipinski definition) is 0. The van der Waals surface area contributed by atoms with Crippen LogP contribution in [0.25, 0.3) is 22.3 Å². The first-order valence-electron chi connectivity index (χ1n) is 10.6. The molecule has 158 valence electrons. The minimum absolute atomic E-state index is 0.0986. The number of alkyl halides is 2. The van der Waals surface area contributed by atoms with E-state index in [0.29, 0.717) is 3.74 Å². The van der Waals surface area contributed by atoms with Crippen LogP contribution in [0.3, 0.4) is 0 Å². The van der Waals surface area contributed by atoms with Gasteiger partial charge < -0.3 is 4.57 Å². The minimum atomic E-state index is 0.0986. The number of benzene rings is 2. The van der Waals surface area contributed by atoms with Crippen LogP contribution in [-0.4, -0.2) is 8.30 Å². The molecule has 0 aliphatic rings. The van der Waals surface area contributed by atoms with Gasteiger partial charge in [-0.1, -0.05) is 88.2 Å². The number of rotatable bonds is 8. The average molecular weight is 531 g/mol. The summed E-state index contributed by atoms with van der Waals surface area (Å²) in [6.07, 6.45) is 8.98. The first-order valence-corrected chi connectivity index (χ1v) is 12.4. The Hall–Kier alpha value is -1.65. The van der Waals surface area contributed by atoms with Crippen molar-refractivity contribution in [2.45, 2.75) is 49.7 Å². The molecule has 2 nitrogen and oxygen atoms in total. The van der Waals surface area contributed by atoms with Crippen LogP contribution in [0, 0.1) is 0 Å². The number of aromatic nitrogens is 1. The molecule has 0 fully saturated rings. The Bertz CT molecular complexity index is 1050. The molecule has 0 saturated carbocycles. The molecular weight excluding hydrogens is 502 g/mol. The van der Waals surface area contributed by atoms with Gasteiger partial charge in [0.05, 0.1) is 3.74 Å². The van der Waals surface area contributed by atoms with Crippen molar-refractivity contribution in [1.82, 2.24) is 4.57 Å². The van der Waals surface area contributed by atoms with Crippen molar-refractivity contribution in [3.8, 4) is 22.3 Å². The molecule has 3 aromatic rings. The summed E-state index contributed by atoms with van der Waals surface area (Å²) < 4.78 is 2.35. The van der Waals surface area contributed by atoms with Gasteiger partial charge in [-0.3, -0.25) is 4.79 Å². The second-order valence-electron chi connectivity index (χ2n) is 7.81. The standard InChI is InChI=1S/C26H29Br2NO/c1-4-18-12-19(5-2)14-22(13-18)24-17-29(3)16-23(26(24)30)21-10-6-8-20(15-21)9-7-11-25(27)28/h6,8,10,12-17,25H,4-5,7,9,11H2,1-3H3. The van der Waals surface area contributed by atoms with E-state index in [-0.39, 0.29) is 5.43 Å². The molecule has 0 unspecified atom stereocenters. The van der Waals surface area contributed by atoms with E-state index < -0.39 is 0 Å². The lowest BCUT2D eigenvalue weighted by Crippen LogP contribution is -2.12. The molecule has 0 aliphatic heterocycles. The van der Waals surface area contributed by atoms with Gasteiger partial charge in [-0.15, -0.1) is 0 Å². The van der Waals surface area contributed by atoms with Gasteiger partial charge in [0.25, 0.3) is 0 Å². The van der Waals surface area contributed by atoms with E-state index in [1.807, 2.05) is 30.1 Å². The Morgan fingerprint density at radius 2 is 1.47 bits per heavy atom. The fourth-order valence-corrected chi connectivity index (χ4v) is 4.45. The normalized spacial score (nSPS) is 11.3. The Kier molecular flexibility index (Phi) is 8.13. The molecule has 0 atom stereocenters. The summed E-state index contributed by atoms with van der Waals surface area (Å²) in [5.41, 5.74) is 7.45. The van der Waals surface area contributed by atoms with Crippen molar-refractivity contribution in [3.05, 3.63) is 81.8 Å². The minimum Gasteiger partial charge on any atom is -0.356 e. The van der Waals surface area contributed by atoms with Crippen molar-refractivity contribution in [1.29, 1.82) is 0 Å². The smallest absolute Gasteiger partial charge is 0.197 e. The zero-order valence-corrected chi connectivity index (χ0v) is 21.1. The summed E-state index contributed by atoms with van der Waals surface area (Å²) in [5.74, 6) is 0. The van der Waals surface area contributed by atoms with Crippen LogP contribution in [0.15, 0.2) is 59.7 Å². The van der Waals surface area contributed by atoms with Crippen molar-refractivity contribution in [3.63, 3.8) is 0 Å². The van der Waals surface area contributed by atoms with Gasteiger partial charge in [0.1, 0.15) is 0 Å². The first-order chi connectivity index (χ1) is 14.4. The second-order valence-corrected chi connectivity index (χ2v) is 11.2. The van der Waals surface area contributed by atoms with Crippen molar-refractivity contribution in [2.24, 2.45) is 7.05 Å². The zero-order chi connectivity index (χ0) is 21.7. The lowest BCUT2D eigenvalue weighted by molar-refractivity contribution is 0.793. The number of aryl methyl sites for hydroxylation is 4. The van der Waals surface area contributed by atoms with E-state index in [4.69, 9.17) is 0 Å². The molecule has 3 rings (SSSR count). The third-order valence-corrected chi connectivity index (χ3v) is 6.38. The molecule has 0 amide bonds. The highest BCUT2D eigenvalue weighted by Gasteiger charge is 2.13. The molecule has 0 spiro atoms. The van der Waals surface area contributed by atoms with Gasteiger partial charge in [-0.25, -0.2) is 0 Å². The number of halogens is 2. The molecule has 1 aromatic heterocycles. The van der Waals surface area contributed by atoms with Crippen LogP contribution in [0.5, 0.6) is 0 Å². The maximum Gasteiger partial charge on any atom is 0.197 e.